The van der Waals surface area contributed by atoms with Gasteiger partial charge < -0.3 is 4.74 Å². The van der Waals surface area contributed by atoms with Crippen molar-refractivity contribution < 1.29 is 13.9 Å². The van der Waals surface area contributed by atoms with Crippen LogP contribution in [-0.2, 0) is 28.8 Å². The molecule has 0 radical (unpaired) electrons. The summed E-state index contributed by atoms with van der Waals surface area (Å²) < 4.78 is 18.3. The summed E-state index contributed by atoms with van der Waals surface area (Å²) in [5, 5.41) is 9.61. The number of ether oxygens (including phenoxy) is 1. The Labute approximate surface area is 134 Å². The summed E-state index contributed by atoms with van der Waals surface area (Å²) in [4.78, 5) is 11.4. The molecule has 0 bridgehead atoms. The van der Waals surface area contributed by atoms with Crippen molar-refractivity contribution >= 4 is 5.97 Å². The topological polar surface area (TPSA) is 50.1 Å². The maximum atomic E-state index is 13.6. The van der Waals surface area contributed by atoms with Gasteiger partial charge in [0.15, 0.2) is 0 Å². The van der Waals surface area contributed by atoms with Crippen LogP contribution in [0.1, 0.15) is 33.7 Å². The Morgan fingerprint density at radius 3 is 2.74 bits per heavy atom. The first kappa shape index (κ1) is 15.2. The molecule has 4 heteroatoms. The Balaban J connectivity index is 2.04. The van der Waals surface area contributed by atoms with Gasteiger partial charge in [-0.3, -0.25) is 4.79 Å². The van der Waals surface area contributed by atoms with E-state index in [0.29, 0.717) is 0 Å². The van der Waals surface area contributed by atoms with E-state index in [1.54, 1.807) is 6.07 Å². The van der Waals surface area contributed by atoms with E-state index in [4.69, 9.17) is 4.74 Å². The maximum absolute atomic E-state index is 13.6. The summed E-state index contributed by atoms with van der Waals surface area (Å²) in [6.45, 7) is 0. The molecule has 0 heterocycles. The molecule has 23 heavy (non-hydrogen) atoms. The van der Waals surface area contributed by atoms with E-state index in [-0.39, 0.29) is 18.2 Å². The standard InChI is InChI=1S/C19H16FNO2/c1-23-19(22)9-12-2-7-16-14(8-12)4-3-13-5-6-15(20)10-17(13)18(16)11-21/h2,5-8,10,18H,3-4,9H2,1H3. The average molecular weight is 309 g/mol. The quantitative estimate of drug-likeness (QED) is 0.800. The zero-order valence-electron chi connectivity index (χ0n) is 12.8. The molecule has 116 valence electrons. The van der Waals surface area contributed by atoms with Gasteiger partial charge in [-0.15, -0.1) is 0 Å². The van der Waals surface area contributed by atoms with Crippen LogP contribution < -0.4 is 0 Å². The van der Waals surface area contributed by atoms with Gasteiger partial charge in [-0.25, -0.2) is 4.39 Å². The lowest BCUT2D eigenvalue weighted by molar-refractivity contribution is -0.139. The molecule has 1 aliphatic carbocycles. The summed E-state index contributed by atoms with van der Waals surface area (Å²) in [6, 6.07) is 12.6. The first-order chi connectivity index (χ1) is 11.1. The van der Waals surface area contributed by atoms with Crippen LogP contribution in [0, 0.1) is 17.1 Å². The van der Waals surface area contributed by atoms with Gasteiger partial charge in [0.25, 0.3) is 0 Å². The molecule has 0 aromatic heterocycles. The molecule has 2 aromatic rings. The molecule has 0 saturated heterocycles. The molecule has 1 atom stereocenters. The van der Waals surface area contributed by atoms with Crippen molar-refractivity contribution in [2.24, 2.45) is 0 Å². The number of esters is 1. The number of carbonyl (C=O) groups is 1. The number of hydrogen-bond donors (Lipinski definition) is 0. The molecule has 0 spiro atoms. The summed E-state index contributed by atoms with van der Waals surface area (Å²) in [6.07, 6.45) is 1.73. The average Bonchev–Trinajstić information content (AvgIpc) is 2.70. The Hall–Kier alpha value is -2.67. The summed E-state index contributed by atoms with van der Waals surface area (Å²) in [7, 11) is 1.36. The number of fused-ring (bicyclic) bond motifs is 2. The van der Waals surface area contributed by atoms with E-state index in [0.717, 1.165) is 40.7 Å². The van der Waals surface area contributed by atoms with Crippen LogP contribution in [0.2, 0.25) is 0 Å². The number of nitriles is 1. The third kappa shape index (κ3) is 2.95. The summed E-state index contributed by atoms with van der Waals surface area (Å²) >= 11 is 0. The van der Waals surface area contributed by atoms with Gasteiger partial charge in [0.2, 0.25) is 0 Å². The minimum Gasteiger partial charge on any atom is -0.469 e. The van der Waals surface area contributed by atoms with Crippen molar-refractivity contribution in [3.05, 3.63) is 70.0 Å². The number of aryl methyl sites for hydroxylation is 2. The van der Waals surface area contributed by atoms with E-state index >= 15 is 0 Å². The lowest BCUT2D eigenvalue weighted by atomic mass is 9.88. The molecule has 3 rings (SSSR count). The van der Waals surface area contributed by atoms with Crippen LogP contribution in [0.4, 0.5) is 4.39 Å². The molecule has 2 aromatic carbocycles. The molecule has 0 fully saturated rings. The van der Waals surface area contributed by atoms with Crippen molar-refractivity contribution in [2.45, 2.75) is 25.2 Å². The van der Waals surface area contributed by atoms with Gasteiger partial charge in [-0.1, -0.05) is 24.3 Å². The highest BCUT2D eigenvalue weighted by Crippen LogP contribution is 2.34. The lowest BCUT2D eigenvalue weighted by Gasteiger charge is -2.14. The molecule has 0 saturated carbocycles. The number of carbonyl (C=O) groups excluding carboxylic acids is 1. The Kier molecular flexibility index (Phi) is 4.12. The highest BCUT2D eigenvalue weighted by Gasteiger charge is 2.24. The van der Waals surface area contributed by atoms with E-state index in [1.807, 2.05) is 18.2 Å². The minimum absolute atomic E-state index is 0.211. The van der Waals surface area contributed by atoms with Crippen LogP contribution in [0.3, 0.4) is 0 Å². The van der Waals surface area contributed by atoms with Crippen LogP contribution in [-0.4, -0.2) is 13.1 Å². The molecular weight excluding hydrogens is 293 g/mol. The minimum atomic E-state index is -0.481. The molecule has 0 aliphatic heterocycles. The third-order valence-corrected chi connectivity index (χ3v) is 4.31. The van der Waals surface area contributed by atoms with Gasteiger partial charge >= 0.3 is 5.97 Å². The molecule has 0 N–H and O–H groups in total. The lowest BCUT2D eigenvalue weighted by Crippen LogP contribution is -2.06. The second-order valence-corrected chi connectivity index (χ2v) is 5.69. The summed E-state index contributed by atoms with van der Waals surface area (Å²) in [5.74, 6) is -1.10. The normalized spacial score (nSPS) is 15.8. The van der Waals surface area contributed by atoms with E-state index in [1.165, 1.54) is 19.2 Å². The van der Waals surface area contributed by atoms with Crippen molar-refractivity contribution in [3.8, 4) is 6.07 Å². The largest absolute Gasteiger partial charge is 0.469 e. The second-order valence-electron chi connectivity index (χ2n) is 5.69. The SMILES string of the molecule is COC(=O)Cc1ccc2c(c1)CCc1ccc(F)cc1C2C#N. The predicted molar refractivity (Wildman–Crippen MR) is 83.4 cm³/mol. The van der Waals surface area contributed by atoms with Crippen molar-refractivity contribution in [1.29, 1.82) is 5.26 Å². The molecule has 3 nitrogen and oxygen atoms in total. The number of halogens is 1. The van der Waals surface area contributed by atoms with E-state index in [9.17, 15) is 14.4 Å². The molecule has 1 unspecified atom stereocenters. The highest BCUT2D eigenvalue weighted by atomic mass is 19.1. The number of hydrogen-bond acceptors (Lipinski definition) is 3. The van der Waals surface area contributed by atoms with E-state index < -0.39 is 5.92 Å². The predicted octanol–water partition coefficient (Wildman–Crippen LogP) is 3.30. The molecular formula is C19H16FNO2. The van der Waals surface area contributed by atoms with Crippen LogP contribution >= 0.6 is 0 Å². The van der Waals surface area contributed by atoms with Crippen LogP contribution in [0.25, 0.3) is 0 Å². The fourth-order valence-electron chi connectivity index (χ4n) is 3.14. The first-order valence-corrected chi connectivity index (χ1v) is 7.49. The third-order valence-electron chi connectivity index (χ3n) is 4.31. The van der Waals surface area contributed by atoms with Crippen molar-refractivity contribution in [3.63, 3.8) is 0 Å². The van der Waals surface area contributed by atoms with Crippen LogP contribution in [0.5, 0.6) is 0 Å². The number of nitrogens with zero attached hydrogens (tertiary/aromatic N) is 1. The smallest absolute Gasteiger partial charge is 0.309 e. The Morgan fingerprint density at radius 1 is 1.22 bits per heavy atom. The van der Waals surface area contributed by atoms with Gasteiger partial charge in [-0.2, -0.15) is 5.26 Å². The zero-order chi connectivity index (χ0) is 16.4. The van der Waals surface area contributed by atoms with Crippen molar-refractivity contribution in [1.82, 2.24) is 0 Å². The molecule has 0 amide bonds. The number of methoxy groups -OCH3 is 1. The number of rotatable bonds is 2. The highest BCUT2D eigenvalue weighted by molar-refractivity contribution is 5.72. The summed E-state index contributed by atoms with van der Waals surface area (Å²) in [5.41, 5.74) is 4.54. The fourth-order valence-corrected chi connectivity index (χ4v) is 3.14. The van der Waals surface area contributed by atoms with Gasteiger partial charge in [-0.05, 0) is 52.8 Å². The van der Waals surface area contributed by atoms with Gasteiger partial charge in [0, 0.05) is 0 Å². The van der Waals surface area contributed by atoms with Crippen molar-refractivity contribution in [2.75, 3.05) is 7.11 Å². The van der Waals surface area contributed by atoms with E-state index in [2.05, 4.69) is 6.07 Å². The maximum Gasteiger partial charge on any atom is 0.309 e. The zero-order valence-corrected chi connectivity index (χ0v) is 12.8. The Morgan fingerprint density at radius 2 is 2.00 bits per heavy atom. The fraction of sp³-hybridized carbons (Fsp3) is 0.263. The van der Waals surface area contributed by atoms with Gasteiger partial charge in [0.1, 0.15) is 5.82 Å². The molecule has 1 aliphatic rings. The van der Waals surface area contributed by atoms with Crippen LogP contribution in [0.15, 0.2) is 36.4 Å². The van der Waals surface area contributed by atoms with Gasteiger partial charge in [0.05, 0.1) is 25.5 Å². The first-order valence-electron chi connectivity index (χ1n) is 7.49. The Bertz CT molecular complexity index is 808. The second kappa shape index (κ2) is 6.21. The number of benzene rings is 2. The monoisotopic (exact) mass is 309 g/mol.